The van der Waals surface area contributed by atoms with Crippen LogP contribution in [0.1, 0.15) is 27.7 Å². The van der Waals surface area contributed by atoms with E-state index < -0.39 is 61.2 Å². The highest BCUT2D eigenvalue weighted by molar-refractivity contribution is 5.69. The molecule has 1 rings (SSSR count). The smallest absolute Gasteiger partial charge is 0.305 e. The van der Waals surface area contributed by atoms with E-state index in [4.69, 9.17) is 23.7 Å². The summed E-state index contributed by atoms with van der Waals surface area (Å²) in [6.45, 7) is 3.77. The van der Waals surface area contributed by atoms with Crippen LogP contribution in [0.2, 0.25) is 0 Å². The lowest BCUT2D eigenvalue weighted by atomic mass is 9.98. The second kappa shape index (κ2) is 8.60. The van der Waals surface area contributed by atoms with Crippen molar-refractivity contribution >= 4 is 23.9 Å². The SMILES string of the molecule is CC(=O)O[C@H]1O[C@H](CO)[C@@H](OC(C)=O)[C@H](OC(C)=O)[C@@H]1OC(C)=O. The molecule has 24 heavy (non-hydrogen) atoms. The zero-order valence-corrected chi connectivity index (χ0v) is 13.7. The molecule has 5 atom stereocenters. The molecule has 0 saturated carbocycles. The van der Waals surface area contributed by atoms with E-state index in [0.717, 1.165) is 27.7 Å². The van der Waals surface area contributed by atoms with Gasteiger partial charge in [-0.15, -0.1) is 0 Å². The normalized spacial score (nSPS) is 29.3. The van der Waals surface area contributed by atoms with Gasteiger partial charge in [-0.25, -0.2) is 0 Å². The van der Waals surface area contributed by atoms with E-state index in [0.29, 0.717) is 0 Å². The fraction of sp³-hybridized carbons (Fsp3) is 0.714. The van der Waals surface area contributed by atoms with Gasteiger partial charge in [-0.3, -0.25) is 19.2 Å². The van der Waals surface area contributed by atoms with E-state index in [2.05, 4.69) is 0 Å². The summed E-state index contributed by atoms with van der Waals surface area (Å²) >= 11 is 0. The first-order valence-corrected chi connectivity index (χ1v) is 7.11. The molecule has 136 valence electrons. The summed E-state index contributed by atoms with van der Waals surface area (Å²) in [5.41, 5.74) is 0. The fourth-order valence-corrected chi connectivity index (χ4v) is 2.26. The Morgan fingerprint density at radius 3 is 1.58 bits per heavy atom. The summed E-state index contributed by atoms with van der Waals surface area (Å²) in [5.74, 6) is -3.00. The molecule has 1 aliphatic rings. The van der Waals surface area contributed by atoms with Crippen LogP contribution in [-0.4, -0.2) is 66.3 Å². The van der Waals surface area contributed by atoms with Gasteiger partial charge in [0.25, 0.3) is 0 Å². The van der Waals surface area contributed by atoms with Crippen molar-refractivity contribution in [3.63, 3.8) is 0 Å². The predicted molar refractivity (Wildman–Crippen MR) is 74.2 cm³/mol. The maximum absolute atomic E-state index is 11.4. The van der Waals surface area contributed by atoms with Crippen LogP contribution in [0.4, 0.5) is 0 Å². The van der Waals surface area contributed by atoms with E-state index in [1.165, 1.54) is 0 Å². The number of hydrogen-bond donors (Lipinski definition) is 1. The average Bonchev–Trinajstić information content (AvgIpc) is 2.42. The molecule has 0 aliphatic carbocycles. The summed E-state index contributed by atoms with van der Waals surface area (Å²) in [4.78, 5) is 45.3. The van der Waals surface area contributed by atoms with Gasteiger partial charge >= 0.3 is 23.9 Å². The maximum Gasteiger partial charge on any atom is 0.305 e. The van der Waals surface area contributed by atoms with E-state index in [9.17, 15) is 24.3 Å². The van der Waals surface area contributed by atoms with E-state index in [-0.39, 0.29) is 0 Å². The number of rotatable bonds is 5. The Morgan fingerprint density at radius 2 is 1.17 bits per heavy atom. The van der Waals surface area contributed by atoms with Crippen molar-refractivity contribution in [3.05, 3.63) is 0 Å². The molecule has 0 aromatic rings. The molecule has 0 spiro atoms. The Bertz CT molecular complexity index is 502. The molecule has 0 amide bonds. The van der Waals surface area contributed by atoms with Gasteiger partial charge in [-0.1, -0.05) is 0 Å². The minimum atomic E-state index is -1.44. The van der Waals surface area contributed by atoms with Gasteiger partial charge < -0.3 is 28.8 Å². The van der Waals surface area contributed by atoms with Crippen molar-refractivity contribution in [1.82, 2.24) is 0 Å². The fourth-order valence-electron chi connectivity index (χ4n) is 2.26. The monoisotopic (exact) mass is 348 g/mol. The summed E-state index contributed by atoms with van der Waals surface area (Å²) in [7, 11) is 0. The zero-order chi connectivity index (χ0) is 18.4. The number of aliphatic hydroxyl groups is 1. The van der Waals surface area contributed by atoms with Gasteiger partial charge in [0.1, 0.15) is 6.10 Å². The molecule has 1 heterocycles. The minimum absolute atomic E-state index is 0.625. The lowest BCUT2D eigenvalue weighted by Crippen LogP contribution is -2.62. The number of aliphatic hydroxyl groups excluding tert-OH is 1. The third-order valence-electron chi connectivity index (χ3n) is 2.96. The number of hydrogen-bond acceptors (Lipinski definition) is 10. The molecule has 1 aliphatic heterocycles. The standard InChI is InChI=1S/C14H20O10/c1-6(16)20-11-10(5-15)24-14(23-9(4)19)13(22-8(3)18)12(11)21-7(2)17/h10-15H,5H2,1-4H3/t10-,11-,12+,13+,14+/m1/s1. The molecular formula is C14H20O10. The van der Waals surface area contributed by atoms with Crippen LogP contribution < -0.4 is 0 Å². The van der Waals surface area contributed by atoms with Gasteiger partial charge in [-0.05, 0) is 0 Å². The van der Waals surface area contributed by atoms with Gasteiger partial charge in [0.15, 0.2) is 12.2 Å². The summed E-state index contributed by atoms with van der Waals surface area (Å²) in [6, 6.07) is 0. The molecule has 0 bridgehead atoms. The summed E-state index contributed by atoms with van der Waals surface area (Å²) in [6.07, 6.45) is -6.56. The molecule has 0 aromatic heterocycles. The Morgan fingerprint density at radius 1 is 0.750 bits per heavy atom. The van der Waals surface area contributed by atoms with Crippen LogP contribution in [0.15, 0.2) is 0 Å². The molecule has 0 aromatic carbocycles. The summed E-state index contributed by atoms with van der Waals surface area (Å²) < 4.78 is 25.4. The van der Waals surface area contributed by atoms with Crippen LogP contribution in [0.5, 0.6) is 0 Å². The zero-order valence-electron chi connectivity index (χ0n) is 13.7. The molecule has 1 N–H and O–H groups in total. The van der Waals surface area contributed by atoms with Crippen molar-refractivity contribution in [2.45, 2.75) is 58.4 Å². The highest BCUT2D eigenvalue weighted by Crippen LogP contribution is 2.29. The first-order chi connectivity index (χ1) is 11.1. The molecule has 10 heteroatoms. The van der Waals surface area contributed by atoms with E-state index in [1.54, 1.807) is 0 Å². The number of carbonyl (C=O) groups is 4. The predicted octanol–water partition coefficient (Wildman–Crippen LogP) is -0.938. The molecule has 0 unspecified atom stereocenters. The number of ether oxygens (including phenoxy) is 5. The van der Waals surface area contributed by atoms with Gasteiger partial charge in [-0.2, -0.15) is 0 Å². The summed E-state index contributed by atoms with van der Waals surface area (Å²) in [5, 5.41) is 9.44. The van der Waals surface area contributed by atoms with Crippen molar-refractivity contribution in [2.24, 2.45) is 0 Å². The van der Waals surface area contributed by atoms with Crippen molar-refractivity contribution in [3.8, 4) is 0 Å². The highest BCUT2D eigenvalue weighted by Gasteiger charge is 2.53. The Labute approximate surface area is 137 Å². The Kier molecular flexibility index (Phi) is 7.11. The van der Waals surface area contributed by atoms with Crippen molar-refractivity contribution < 1.29 is 48.0 Å². The van der Waals surface area contributed by atoms with Crippen LogP contribution in [0, 0.1) is 0 Å². The first-order valence-electron chi connectivity index (χ1n) is 7.11. The van der Waals surface area contributed by atoms with Crippen LogP contribution >= 0.6 is 0 Å². The molecule has 1 saturated heterocycles. The second-order valence-corrected chi connectivity index (χ2v) is 5.06. The van der Waals surface area contributed by atoms with Crippen LogP contribution in [0.3, 0.4) is 0 Å². The third-order valence-corrected chi connectivity index (χ3v) is 2.96. The van der Waals surface area contributed by atoms with Gasteiger partial charge in [0.05, 0.1) is 6.61 Å². The first kappa shape index (κ1) is 19.8. The Hall–Kier alpha value is -2.20. The third kappa shape index (κ3) is 5.46. The maximum atomic E-state index is 11.4. The van der Waals surface area contributed by atoms with E-state index in [1.807, 2.05) is 0 Å². The van der Waals surface area contributed by atoms with Crippen molar-refractivity contribution in [1.29, 1.82) is 0 Å². The molecule has 1 fully saturated rings. The van der Waals surface area contributed by atoms with Gasteiger partial charge in [0.2, 0.25) is 12.4 Å². The molecule has 10 nitrogen and oxygen atoms in total. The second-order valence-electron chi connectivity index (χ2n) is 5.06. The van der Waals surface area contributed by atoms with Gasteiger partial charge in [0, 0.05) is 27.7 Å². The lowest BCUT2D eigenvalue weighted by Gasteiger charge is -2.43. The lowest BCUT2D eigenvalue weighted by molar-refractivity contribution is -0.299. The quantitative estimate of drug-likeness (QED) is 0.490. The highest BCUT2D eigenvalue weighted by atomic mass is 16.7. The van der Waals surface area contributed by atoms with Crippen LogP contribution in [0.25, 0.3) is 0 Å². The largest absolute Gasteiger partial charge is 0.456 e. The van der Waals surface area contributed by atoms with Crippen LogP contribution in [-0.2, 0) is 42.9 Å². The number of esters is 4. The topological polar surface area (TPSA) is 135 Å². The molecular weight excluding hydrogens is 328 g/mol. The Balaban J connectivity index is 3.23. The van der Waals surface area contributed by atoms with Crippen molar-refractivity contribution in [2.75, 3.05) is 6.61 Å². The average molecular weight is 348 g/mol. The minimum Gasteiger partial charge on any atom is -0.456 e. The molecule has 0 radical (unpaired) electrons. The number of carbonyl (C=O) groups excluding carboxylic acids is 4. The van der Waals surface area contributed by atoms with E-state index >= 15 is 0 Å².